The van der Waals surface area contributed by atoms with Crippen LogP contribution in [0.3, 0.4) is 0 Å². The summed E-state index contributed by atoms with van der Waals surface area (Å²) in [7, 11) is 1.78. The minimum absolute atomic E-state index is 0.217. The number of aryl methyl sites for hydroxylation is 1. The predicted molar refractivity (Wildman–Crippen MR) is 84.3 cm³/mol. The summed E-state index contributed by atoms with van der Waals surface area (Å²) in [5, 5.41) is 6.98. The maximum absolute atomic E-state index is 13.4. The molecule has 0 saturated heterocycles. The third kappa shape index (κ3) is 4.14. The summed E-state index contributed by atoms with van der Waals surface area (Å²) in [6, 6.07) is 10.8. The first-order valence-electron chi connectivity index (χ1n) is 6.55. The van der Waals surface area contributed by atoms with Crippen LogP contribution >= 0.6 is 11.6 Å². The molecule has 0 aliphatic rings. The summed E-state index contributed by atoms with van der Waals surface area (Å²) < 4.78 is 13.4. The number of nitrogens with one attached hydrogen (secondary N) is 2. The first-order chi connectivity index (χ1) is 9.56. The van der Waals surface area contributed by atoms with Gasteiger partial charge >= 0.3 is 0 Å². The van der Waals surface area contributed by atoms with Crippen LogP contribution < -0.4 is 10.6 Å². The predicted octanol–water partition coefficient (Wildman–Crippen LogP) is 4.48. The van der Waals surface area contributed by atoms with Crippen molar-refractivity contribution >= 4 is 23.0 Å². The van der Waals surface area contributed by atoms with Gasteiger partial charge < -0.3 is 10.6 Å². The molecule has 0 atom stereocenters. The van der Waals surface area contributed by atoms with E-state index in [-0.39, 0.29) is 5.82 Å². The molecule has 0 aliphatic heterocycles. The minimum atomic E-state index is -0.217. The van der Waals surface area contributed by atoms with Gasteiger partial charge in [-0.1, -0.05) is 11.6 Å². The number of rotatable bonds is 5. The van der Waals surface area contributed by atoms with Crippen molar-refractivity contribution in [2.24, 2.45) is 0 Å². The Hall–Kier alpha value is -1.74. The second kappa shape index (κ2) is 6.62. The monoisotopic (exact) mass is 292 g/mol. The van der Waals surface area contributed by atoms with Gasteiger partial charge in [-0.2, -0.15) is 0 Å². The molecule has 106 valence electrons. The summed E-state index contributed by atoms with van der Waals surface area (Å²) in [5.41, 5.74) is 3.85. The summed E-state index contributed by atoms with van der Waals surface area (Å²) >= 11 is 6.01. The normalized spacial score (nSPS) is 10.4. The molecule has 0 saturated carbocycles. The van der Waals surface area contributed by atoms with Crippen LogP contribution in [0.25, 0.3) is 0 Å². The highest BCUT2D eigenvalue weighted by Gasteiger charge is 2.01. The van der Waals surface area contributed by atoms with E-state index in [1.807, 2.05) is 31.2 Å². The van der Waals surface area contributed by atoms with Gasteiger partial charge in [0.05, 0.1) is 0 Å². The van der Waals surface area contributed by atoms with Crippen molar-refractivity contribution in [1.29, 1.82) is 0 Å². The number of halogens is 2. The fraction of sp³-hybridized carbons (Fsp3) is 0.250. The third-order valence-electron chi connectivity index (χ3n) is 3.03. The van der Waals surface area contributed by atoms with Crippen molar-refractivity contribution in [3.05, 3.63) is 58.4 Å². The van der Waals surface area contributed by atoms with E-state index in [0.29, 0.717) is 0 Å². The molecule has 0 amide bonds. The van der Waals surface area contributed by atoms with Gasteiger partial charge in [-0.15, -0.1) is 0 Å². The molecule has 20 heavy (non-hydrogen) atoms. The van der Waals surface area contributed by atoms with Crippen molar-refractivity contribution in [3.8, 4) is 0 Å². The topological polar surface area (TPSA) is 24.1 Å². The Bertz CT molecular complexity index is 579. The Morgan fingerprint density at radius 2 is 1.85 bits per heavy atom. The molecule has 4 heteroatoms. The Kier molecular flexibility index (Phi) is 4.85. The lowest BCUT2D eigenvalue weighted by molar-refractivity contribution is 0.626. The van der Waals surface area contributed by atoms with Crippen LogP contribution in [-0.4, -0.2) is 13.6 Å². The molecule has 0 radical (unpaired) electrons. The quantitative estimate of drug-likeness (QED) is 0.849. The molecule has 0 aliphatic carbocycles. The maximum atomic E-state index is 13.4. The molecule has 0 aromatic heterocycles. The van der Waals surface area contributed by atoms with Crippen molar-refractivity contribution < 1.29 is 4.39 Å². The SMILES string of the molecule is CNc1cc(F)cc(CCNc2cc(C)cc(Cl)c2)c1. The van der Waals surface area contributed by atoms with Crippen LogP contribution in [-0.2, 0) is 6.42 Å². The van der Waals surface area contributed by atoms with Crippen LogP contribution in [0.1, 0.15) is 11.1 Å². The lowest BCUT2D eigenvalue weighted by Crippen LogP contribution is -2.05. The largest absolute Gasteiger partial charge is 0.388 e. The second-order valence-corrected chi connectivity index (χ2v) is 5.23. The molecule has 0 unspecified atom stereocenters. The summed E-state index contributed by atoms with van der Waals surface area (Å²) in [6.07, 6.45) is 0.748. The van der Waals surface area contributed by atoms with E-state index >= 15 is 0 Å². The van der Waals surface area contributed by atoms with E-state index in [2.05, 4.69) is 10.6 Å². The van der Waals surface area contributed by atoms with Gasteiger partial charge in [0.25, 0.3) is 0 Å². The van der Waals surface area contributed by atoms with Gasteiger partial charge in [0.1, 0.15) is 5.82 Å². The van der Waals surface area contributed by atoms with Gasteiger partial charge in [-0.3, -0.25) is 0 Å². The number of anilines is 2. The number of hydrogen-bond acceptors (Lipinski definition) is 2. The second-order valence-electron chi connectivity index (χ2n) is 4.79. The first-order valence-corrected chi connectivity index (χ1v) is 6.93. The average molecular weight is 293 g/mol. The van der Waals surface area contributed by atoms with Gasteiger partial charge in [-0.05, 0) is 60.9 Å². The zero-order chi connectivity index (χ0) is 14.5. The molecule has 0 heterocycles. The van der Waals surface area contributed by atoms with E-state index in [0.717, 1.165) is 40.5 Å². The highest BCUT2D eigenvalue weighted by molar-refractivity contribution is 6.30. The van der Waals surface area contributed by atoms with Crippen LogP contribution in [0.5, 0.6) is 0 Å². The highest BCUT2D eigenvalue weighted by Crippen LogP contribution is 2.19. The van der Waals surface area contributed by atoms with Crippen LogP contribution in [0.4, 0.5) is 15.8 Å². The summed E-state index contributed by atoms with van der Waals surface area (Å²) in [6.45, 7) is 2.73. The number of benzene rings is 2. The molecule has 0 fully saturated rings. The van der Waals surface area contributed by atoms with Crippen molar-refractivity contribution in [3.63, 3.8) is 0 Å². The van der Waals surface area contributed by atoms with Crippen molar-refractivity contribution in [2.45, 2.75) is 13.3 Å². The van der Waals surface area contributed by atoms with E-state index in [1.165, 1.54) is 6.07 Å². The Balaban J connectivity index is 1.97. The van der Waals surface area contributed by atoms with E-state index in [9.17, 15) is 4.39 Å². The first kappa shape index (κ1) is 14.7. The minimum Gasteiger partial charge on any atom is -0.388 e. The molecule has 2 nitrogen and oxygen atoms in total. The molecule has 0 spiro atoms. The lowest BCUT2D eigenvalue weighted by Gasteiger charge is -2.09. The lowest BCUT2D eigenvalue weighted by atomic mass is 10.1. The van der Waals surface area contributed by atoms with Gasteiger partial charge in [-0.25, -0.2) is 4.39 Å². The van der Waals surface area contributed by atoms with Crippen molar-refractivity contribution in [2.75, 3.05) is 24.2 Å². The standard InChI is InChI=1S/C16H18ClFN2/c1-11-5-13(17)9-16(6-11)20-4-3-12-7-14(18)10-15(8-12)19-2/h5-10,19-20H,3-4H2,1-2H3. The molecule has 2 aromatic carbocycles. The molecular formula is C16H18ClFN2. The molecule has 2 rings (SSSR count). The smallest absolute Gasteiger partial charge is 0.125 e. The Morgan fingerprint density at radius 3 is 2.55 bits per heavy atom. The summed E-state index contributed by atoms with van der Waals surface area (Å²) in [5.74, 6) is -0.217. The molecule has 2 N–H and O–H groups in total. The van der Waals surface area contributed by atoms with Gasteiger partial charge in [0, 0.05) is 30.0 Å². The Labute approximate surface area is 124 Å². The fourth-order valence-electron chi connectivity index (χ4n) is 2.13. The van der Waals surface area contributed by atoms with Crippen molar-refractivity contribution in [1.82, 2.24) is 0 Å². The maximum Gasteiger partial charge on any atom is 0.125 e. The van der Waals surface area contributed by atoms with Crippen LogP contribution in [0.2, 0.25) is 5.02 Å². The highest BCUT2D eigenvalue weighted by atomic mass is 35.5. The van der Waals surface area contributed by atoms with Gasteiger partial charge in [0.2, 0.25) is 0 Å². The third-order valence-corrected chi connectivity index (χ3v) is 3.25. The molecular weight excluding hydrogens is 275 g/mol. The zero-order valence-electron chi connectivity index (χ0n) is 11.6. The van der Waals surface area contributed by atoms with Crippen LogP contribution in [0, 0.1) is 12.7 Å². The van der Waals surface area contributed by atoms with Gasteiger partial charge in [0.15, 0.2) is 0 Å². The zero-order valence-corrected chi connectivity index (χ0v) is 12.4. The van der Waals surface area contributed by atoms with E-state index in [1.54, 1.807) is 13.1 Å². The average Bonchev–Trinajstić information content (AvgIpc) is 2.37. The van der Waals surface area contributed by atoms with E-state index < -0.39 is 0 Å². The summed E-state index contributed by atoms with van der Waals surface area (Å²) in [4.78, 5) is 0. The number of hydrogen-bond donors (Lipinski definition) is 2. The molecule has 0 bridgehead atoms. The fourth-order valence-corrected chi connectivity index (χ4v) is 2.42. The van der Waals surface area contributed by atoms with E-state index in [4.69, 9.17) is 11.6 Å². The van der Waals surface area contributed by atoms with Crippen LogP contribution in [0.15, 0.2) is 36.4 Å². The Morgan fingerprint density at radius 1 is 1.05 bits per heavy atom. The molecule has 2 aromatic rings.